The molecule has 3 nitrogen and oxygen atoms in total. The first-order valence-electron chi connectivity index (χ1n) is 6.37. The smallest absolute Gasteiger partial charge is 0.0642 e. The molecule has 4 heteroatoms. The zero-order valence-electron chi connectivity index (χ0n) is 11.4. The van der Waals surface area contributed by atoms with E-state index in [4.69, 9.17) is 22.1 Å². The Labute approximate surface area is 115 Å². The Balaban J connectivity index is 3.02. The lowest BCUT2D eigenvalue weighted by Crippen LogP contribution is -2.29. The van der Waals surface area contributed by atoms with Gasteiger partial charge in [-0.05, 0) is 31.9 Å². The van der Waals surface area contributed by atoms with Gasteiger partial charge < -0.3 is 15.4 Å². The van der Waals surface area contributed by atoms with Gasteiger partial charge in [0.05, 0.1) is 17.3 Å². The largest absolute Gasteiger partial charge is 0.383 e. The molecule has 1 atom stereocenters. The number of methoxy groups -OCH3 is 1. The summed E-state index contributed by atoms with van der Waals surface area (Å²) in [6.07, 6.45) is 0.833. The number of anilines is 1. The molecular weight excluding hydrogens is 248 g/mol. The van der Waals surface area contributed by atoms with Gasteiger partial charge in [0.2, 0.25) is 0 Å². The van der Waals surface area contributed by atoms with Gasteiger partial charge in [0, 0.05) is 26.2 Å². The predicted octanol–water partition coefficient (Wildman–Crippen LogP) is 2.70. The van der Waals surface area contributed by atoms with E-state index in [0.717, 1.165) is 30.2 Å². The molecule has 0 heterocycles. The second-order valence-electron chi connectivity index (χ2n) is 4.50. The number of likely N-dealkylation sites (N-methyl/N-ethyl adjacent to an activating group) is 1. The first-order chi connectivity index (χ1) is 8.60. The van der Waals surface area contributed by atoms with Gasteiger partial charge in [-0.1, -0.05) is 23.7 Å². The van der Waals surface area contributed by atoms with Crippen LogP contribution in [0, 0.1) is 0 Å². The van der Waals surface area contributed by atoms with Gasteiger partial charge in [-0.15, -0.1) is 0 Å². The van der Waals surface area contributed by atoms with Gasteiger partial charge in [0.15, 0.2) is 0 Å². The van der Waals surface area contributed by atoms with E-state index in [0.29, 0.717) is 6.61 Å². The van der Waals surface area contributed by atoms with E-state index >= 15 is 0 Å². The zero-order chi connectivity index (χ0) is 13.5. The number of nitrogens with zero attached hydrogens (tertiary/aromatic N) is 1. The van der Waals surface area contributed by atoms with Crippen LogP contribution in [-0.2, 0) is 11.2 Å². The van der Waals surface area contributed by atoms with Crippen molar-refractivity contribution in [2.45, 2.75) is 26.3 Å². The molecule has 0 saturated carbocycles. The topological polar surface area (TPSA) is 38.5 Å². The van der Waals surface area contributed by atoms with Crippen molar-refractivity contribution in [3.05, 3.63) is 28.8 Å². The highest BCUT2D eigenvalue weighted by Crippen LogP contribution is 2.30. The highest BCUT2D eigenvalue weighted by atomic mass is 35.5. The standard InChI is InChI=1S/C14H23ClN2O/c1-4-17(8-9-18-3)14-12(10-11(2)16)6-5-7-13(14)15/h5-7,11H,4,8-10,16H2,1-3H3. The third-order valence-corrected chi connectivity index (χ3v) is 3.18. The summed E-state index contributed by atoms with van der Waals surface area (Å²) >= 11 is 6.34. The number of halogens is 1. The number of para-hydroxylation sites is 1. The van der Waals surface area contributed by atoms with Crippen LogP contribution in [0.4, 0.5) is 5.69 Å². The molecule has 1 rings (SSSR count). The molecule has 0 bridgehead atoms. The van der Waals surface area contributed by atoms with Crippen molar-refractivity contribution in [1.29, 1.82) is 0 Å². The van der Waals surface area contributed by atoms with Crippen molar-refractivity contribution in [2.24, 2.45) is 5.73 Å². The first-order valence-corrected chi connectivity index (χ1v) is 6.74. The number of hydrogen-bond acceptors (Lipinski definition) is 3. The van der Waals surface area contributed by atoms with Crippen LogP contribution in [0.2, 0.25) is 5.02 Å². The second kappa shape index (κ2) is 7.62. The van der Waals surface area contributed by atoms with Gasteiger partial charge in [0.25, 0.3) is 0 Å². The minimum atomic E-state index is 0.128. The maximum Gasteiger partial charge on any atom is 0.0642 e. The maximum atomic E-state index is 6.34. The molecular formula is C14H23ClN2O. The molecule has 0 radical (unpaired) electrons. The van der Waals surface area contributed by atoms with Crippen molar-refractivity contribution in [3.8, 4) is 0 Å². The molecule has 1 unspecified atom stereocenters. The Bertz CT molecular complexity index is 369. The molecule has 0 aliphatic heterocycles. The van der Waals surface area contributed by atoms with Gasteiger partial charge in [0.1, 0.15) is 0 Å². The summed E-state index contributed by atoms with van der Waals surface area (Å²) < 4.78 is 5.15. The molecule has 2 N–H and O–H groups in total. The highest BCUT2D eigenvalue weighted by molar-refractivity contribution is 6.33. The second-order valence-corrected chi connectivity index (χ2v) is 4.91. The fourth-order valence-corrected chi connectivity index (χ4v) is 2.37. The number of benzene rings is 1. The van der Waals surface area contributed by atoms with Crippen LogP contribution < -0.4 is 10.6 Å². The summed E-state index contributed by atoms with van der Waals surface area (Å²) in [5, 5.41) is 0.783. The Hall–Kier alpha value is -0.770. The summed E-state index contributed by atoms with van der Waals surface area (Å²) in [6.45, 7) is 6.56. The monoisotopic (exact) mass is 270 g/mol. The van der Waals surface area contributed by atoms with E-state index in [2.05, 4.69) is 17.9 Å². The van der Waals surface area contributed by atoms with E-state index in [-0.39, 0.29) is 6.04 Å². The fraction of sp³-hybridized carbons (Fsp3) is 0.571. The van der Waals surface area contributed by atoms with Crippen molar-refractivity contribution in [3.63, 3.8) is 0 Å². The normalized spacial score (nSPS) is 12.5. The molecule has 1 aromatic carbocycles. The van der Waals surface area contributed by atoms with Crippen LogP contribution in [0.15, 0.2) is 18.2 Å². The molecule has 0 saturated heterocycles. The summed E-state index contributed by atoms with van der Waals surface area (Å²) in [5.74, 6) is 0. The van der Waals surface area contributed by atoms with Crippen LogP contribution in [0.3, 0.4) is 0 Å². The summed E-state index contributed by atoms with van der Waals surface area (Å²) in [4.78, 5) is 2.24. The fourth-order valence-electron chi connectivity index (χ4n) is 2.06. The molecule has 18 heavy (non-hydrogen) atoms. The average molecular weight is 271 g/mol. The number of nitrogens with two attached hydrogens (primary N) is 1. The van der Waals surface area contributed by atoms with Gasteiger partial charge in [-0.25, -0.2) is 0 Å². The van der Waals surface area contributed by atoms with Crippen LogP contribution >= 0.6 is 11.6 Å². The lowest BCUT2D eigenvalue weighted by Gasteiger charge is -2.27. The first kappa shape index (κ1) is 15.3. The van der Waals surface area contributed by atoms with Gasteiger partial charge in [-0.3, -0.25) is 0 Å². The van der Waals surface area contributed by atoms with E-state index in [1.807, 2.05) is 19.1 Å². The molecule has 0 aliphatic carbocycles. The molecule has 0 amide bonds. The molecule has 0 fully saturated rings. The van der Waals surface area contributed by atoms with Gasteiger partial charge in [-0.2, -0.15) is 0 Å². The van der Waals surface area contributed by atoms with Crippen molar-refractivity contribution >= 4 is 17.3 Å². The Kier molecular flexibility index (Phi) is 6.47. The van der Waals surface area contributed by atoms with E-state index in [9.17, 15) is 0 Å². The quantitative estimate of drug-likeness (QED) is 0.828. The molecule has 102 valence electrons. The summed E-state index contributed by atoms with van der Waals surface area (Å²) in [6, 6.07) is 6.13. The number of ether oxygens (including phenoxy) is 1. The molecule has 1 aromatic rings. The minimum absolute atomic E-state index is 0.128. The van der Waals surface area contributed by atoms with E-state index in [1.54, 1.807) is 7.11 Å². The lowest BCUT2D eigenvalue weighted by atomic mass is 10.0. The Morgan fingerprint density at radius 1 is 1.44 bits per heavy atom. The third kappa shape index (κ3) is 4.16. The number of rotatable bonds is 7. The van der Waals surface area contributed by atoms with Crippen LogP contribution in [0.5, 0.6) is 0 Å². The highest BCUT2D eigenvalue weighted by Gasteiger charge is 2.14. The Morgan fingerprint density at radius 3 is 2.72 bits per heavy atom. The number of hydrogen-bond donors (Lipinski definition) is 1. The summed E-state index contributed by atoms with van der Waals surface area (Å²) in [7, 11) is 1.71. The third-order valence-electron chi connectivity index (χ3n) is 2.88. The molecule has 0 aromatic heterocycles. The van der Waals surface area contributed by atoms with Crippen LogP contribution in [0.25, 0.3) is 0 Å². The lowest BCUT2D eigenvalue weighted by molar-refractivity contribution is 0.205. The van der Waals surface area contributed by atoms with Crippen LogP contribution in [0.1, 0.15) is 19.4 Å². The Morgan fingerprint density at radius 2 is 2.17 bits per heavy atom. The molecule has 0 aliphatic rings. The van der Waals surface area contributed by atoms with E-state index < -0.39 is 0 Å². The van der Waals surface area contributed by atoms with Crippen LogP contribution in [-0.4, -0.2) is 32.8 Å². The minimum Gasteiger partial charge on any atom is -0.383 e. The average Bonchev–Trinajstić information content (AvgIpc) is 2.32. The predicted molar refractivity (Wildman–Crippen MR) is 78.6 cm³/mol. The van der Waals surface area contributed by atoms with Crippen molar-refractivity contribution in [1.82, 2.24) is 0 Å². The zero-order valence-corrected chi connectivity index (χ0v) is 12.2. The van der Waals surface area contributed by atoms with E-state index in [1.165, 1.54) is 5.56 Å². The maximum absolute atomic E-state index is 6.34. The van der Waals surface area contributed by atoms with Gasteiger partial charge >= 0.3 is 0 Å². The van der Waals surface area contributed by atoms with Crippen molar-refractivity contribution in [2.75, 3.05) is 31.7 Å². The summed E-state index contributed by atoms with van der Waals surface area (Å²) in [5.41, 5.74) is 8.20. The molecule has 0 spiro atoms. The van der Waals surface area contributed by atoms with Crippen molar-refractivity contribution < 1.29 is 4.74 Å². The SMILES string of the molecule is CCN(CCOC)c1c(Cl)cccc1CC(C)N.